The van der Waals surface area contributed by atoms with Gasteiger partial charge in [-0.3, -0.25) is 0 Å². The second kappa shape index (κ2) is 4.69. The minimum absolute atomic E-state index is 0.346. The summed E-state index contributed by atoms with van der Waals surface area (Å²) in [5.74, 6) is 1.71. The van der Waals surface area contributed by atoms with Crippen molar-refractivity contribution in [2.24, 2.45) is 11.7 Å². The molecule has 0 aromatic heterocycles. The van der Waals surface area contributed by atoms with E-state index in [9.17, 15) is 0 Å². The van der Waals surface area contributed by atoms with Gasteiger partial charge in [0, 0.05) is 11.1 Å². The molecule has 94 valence electrons. The molecule has 17 heavy (non-hydrogen) atoms. The van der Waals surface area contributed by atoms with Gasteiger partial charge in [0.05, 0.1) is 6.61 Å². The van der Waals surface area contributed by atoms with Crippen LogP contribution < -0.4 is 10.5 Å². The number of aryl methyl sites for hydroxylation is 1. The molecule has 0 amide bonds. The van der Waals surface area contributed by atoms with Crippen molar-refractivity contribution in [2.75, 3.05) is 6.61 Å². The predicted octanol–water partition coefficient (Wildman–Crippen LogP) is 3.37. The molecule has 0 saturated heterocycles. The maximum Gasteiger partial charge on any atom is 0.124 e. The van der Waals surface area contributed by atoms with Crippen molar-refractivity contribution < 1.29 is 4.74 Å². The van der Waals surface area contributed by atoms with Gasteiger partial charge in [0.2, 0.25) is 0 Å². The molecule has 0 heterocycles. The Balaban J connectivity index is 2.13. The van der Waals surface area contributed by atoms with Gasteiger partial charge in [0.25, 0.3) is 0 Å². The summed E-state index contributed by atoms with van der Waals surface area (Å²) in [4.78, 5) is 0. The van der Waals surface area contributed by atoms with E-state index in [1.807, 2.05) is 13.8 Å². The standard InChI is InChI=1S/C15H23NO/c1-11-7-8-14(13(9-11)15(2,3)16)17-10-12-5-4-6-12/h7-9,12H,4-6,10,16H2,1-3H3. The summed E-state index contributed by atoms with van der Waals surface area (Å²) in [5.41, 5.74) is 8.19. The highest BCUT2D eigenvalue weighted by molar-refractivity contribution is 5.41. The van der Waals surface area contributed by atoms with Crippen molar-refractivity contribution in [3.05, 3.63) is 29.3 Å². The molecule has 1 aliphatic carbocycles. The van der Waals surface area contributed by atoms with Gasteiger partial charge in [-0.2, -0.15) is 0 Å². The highest BCUT2D eigenvalue weighted by Gasteiger charge is 2.22. The molecule has 0 bridgehead atoms. The number of hydrogen-bond donors (Lipinski definition) is 1. The summed E-state index contributed by atoms with van der Waals surface area (Å²) in [5, 5.41) is 0. The van der Waals surface area contributed by atoms with Crippen LogP contribution in [-0.2, 0) is 5.54 Å². The molecule has 0 spiro atoms. The van der Waals surface area contributed by atoms with Gasteiger partial charge in [0.15, 0.2) is 0 Å². The molecule has 1 fully saturated rings. The van der Waals surface area contributed by atoms with Crippen LogP contribution in [0.2, 0.25) is 0 Å². The van der Waals surface area contributed by atoms with Crippen LogP contribution >= 0.6 is 0 Å². The Morgan fingerprint density at radius 1 is 1.35 bits per heavy atom. The van der Waals surface area contributed by atoms with Crippen molar-refractivity contribution in [3.63, 3.8) is 0 Å². The molecule has 2 rings (SSSR count). The molecule has 1 aromatic rings. The van der Waals surface area contributed by atoms with E-state index >= 15 is 0 Å². The second-order valence-corrected chi connectivity index (χ2v) is 5.83. The van der Waals surface area contributed by atoms with Crippen LogP contribution in [0.15, 0.2) is 18.2 Å². The lowest BCUT2D eigenvalue weighted by Crippen LogP contribution is -2.30. The Morgan fingerprint density at radius 2 is 2.06 bits per heavy atom. The summed E-state index contributed by atoms with van der Waals surface area (Å²) in [6, 6.07) is 6.28. The van der Waals surface area contributed by atoms with E-state index in [4.69, 9.17) is 10.5 Å². The average molecular weight is 233 g/mol. The van der Waals surface area contributed by atoms with Crippen molar-refractivity contribution in [1.82, 2.24) is 0 Å². The molecule has 0 unspecified atom stereocenters. The van der Waals surface area contributed by atoms with Crippen LogP contribution in [0.3, 0.4) is 0 Å². The first-order valence-electron chi connectivity index (χ1n) is 6.49. The predicted molar refractivity (Wildman–Crippen MR) is 71.2 cm³/mol. The zero-order valence-corrected chi connectivity index (χ0v) is 11.1. The Hall–Kier alpha value is -1.02. The number of benzene rings is 1. The van der Waals surface area contributed by atoms with Gasteiger partial charge in [-0.1, -0.05) is 24.1 Å². The fourth-order valence-corrected chi connectivity index (χ4v) is 2.14. The van der Waals surface area contributed by atoms with E-state index in [1.165, 1.54) is 24.8 Å². The maximum atomic E-state index is 6.20. The summed E-state index contributed by atoms with van der Waals surface area (Å²) >= 11 is 0. The SMILES string of the molecule is Cc1ccc(OCC2CCC2)c(C(C)(C)N)c1. The van der Waals surface area contributed by atoms with E-state index < -0.39 is 0 Å². The van der Waals surface area contributed by atoms with Crippen LogP contribution in [0.5, 0.6) is 5.75 Å². The quantitative estimate of drug-likeness (QED) is 0.865. The number of hydrogen-bond acceptors (Lipinski definition) is 2. The number of rotatable bonds is 4. The minimum Gasteiger partial charge on any atom is -0.493 e. The average Bonchev–Trinajstić information content (AvgIpc) is 2.16. The zero-order chi connectivity index (χ0) is 12.5. The van der Waals surface area contributed by atoms with Gasteiger partial charge in [-0.25, -0.2) is 0 Å². The molecule has 0 aliphatic heterocycles. The van der Waals surface area contributed by atoms with E-state index in [1.54, 1.807) is 0 Å². The molecule has 2 nitrogen and oxygen atoms in total. The van der Waals surface area contributed by atoms with Crippen molar-refractivity contribution in [1.29, 1.82) is 0 Å². The van der Waals surface area contributed by atoms with Crippen molar-refractivity contribution >= 4 is 0 Å². The molecular weight excluding hydrogens is 210 g/mol. The first-order chi connectivity index (χ1) is 7.97. The third kappa shape index (κ3) is 3.01. The number of ether oxygens (including phenoxy) is 1. The van der Waals surface area contributed by atoms with Crippen LogP contribution in [0, 0.1) is 12.8 Å². The van der Waals surface area contributed by atoms with Gasteiger partial charge < -0.3 is 10.5 Å². The lowest BCUT2D eigenvalue weighted by molar-refractivity contribution is 0.178. The Bertz CT molecular complexity index is 388. The first kappa shape index (κ1) is 12.4. The highest BCUT2D eigenvalue weighted by atomic mass is 16.5. The maximum absolute atomic E-state index is 6.20. The molecule has 1 aromatic carbocycles. The monoisotopic (exact) mass is 233 g/mol. The summed E-state index contributed by atoms with van der Waals surface area (Å²) in [6.45, 7) is 6.98. The topological polar surface area (TPSA) is 35.2 Å². The van der Waals surface area contributed by atoms with Gasteiger partial charge in [-0.05, 0) is 45.6 Å². The third-order valence-electron chi connectivity index (χ3n) is 3.53. The van der Waals surface area contributed by atoms with Gasteiger partial charge in [0.1, 0.15) is 5.75 Å². The summed E-state index contributed by atoms with van der Waals surface area (Å²) < 4.78 is 5.94. The fraction of sp³-hybridized carbons (Fsp3) is 0.600. The fourth-order valence-electron chi connectivity index (χ4n) is 2.14. The smallest absolute Gasteiger partial charge is 0.124 e. The van der Waals surface area contributed by atoms with Crippen LogP contribution in [0.25, 0.3) is 0 Å². The molecule has 0 atom stereocenters. The molecule has 1 saturated carbocycles. The van der Waals surface area contributed by atoms with E-state index in [2.05, 4.69) is 25.1 Å². The highest BCUT2D eigenvalue weighted by Crippen LogP contribution is 2.31. The Kier molecular flexibility index (Phi) is 3.43. The minimum atomic E-state index is -0.346. The van der Waals surface area contributed by atoms with E-state index in [-0.39, 0.29) is 5.54 Å². The first-order valence-corrected chi connectivity index (χ1v) is 6.49. The number of nitrogens with two attached hydrogens (primary N) is 1. The Labute approximate surface area is 104 Å². The third-order valence-corrected chi connectivity index (χ3v) is 3.53. The zero-order valence-electron chi connectivity index (χ0n) is 11.1. The van der Waals surface area contributed by atoms with Gasteiger partial charge in [-0.15, -0.1) is 0 Å². The lowest BCUT2D eigenvalue weighted by atomic mass is 9.86. The van der Waals surface area contributed by atoms with Crippen LogP contribution in [0.4, 0.5) is 0 Å². The summed E-state index contributed by atoms with van der Waals surface area (Å²) in [7, 11) is 0. The summed E-state index contributed by atoms with van der Waals surface area (Å²) in [6.07, 6.45) is 3.98. The normalized spacial score (nSPS) is 16.7. The second-order valence-electron chi connectivity index (χ2n) is 5.83. The Morgan fingerprint density at radius 3 is 2.59 bits per heavy atom. The van der Waals surface area contributed by atoms with Gasteiger partial charge >= 0.3 is 0 Å². The van der Waals surface area contributed by atoms with E-state index in [0.717, 1.165) is 23.8 Å². The largest absolute Gasteiger partial charge is 0.493 e. The van der Waals surface area contributed by atoms with E-state index in [0.29, 0.717) is 0 Å². The van der Waals surface area contributed by atoms with Crippen molar-refractivity contribution in [3.8, 4) is 5.75 Å². The molecule has 2 heteroatoms. The molecule has 2 N–H and O–H groups in total. The molecule has 0 radical (unpaired) electrons. The molecular formula is C15H23NO. The van der Waals surface area contributed by atoms with Crippen LogP contribution in [-0.4, -0.2) is 6.61 Å². The van der Waals surface area contributed by atoms with Crippen LogP contribution in [0.1, 0.15) is 44.2 Å². The van der Waals surface area contributed by atoms with Crippen molar-refractivity contribution in [2.45, 2.75) is 45.6 Å². The lowest BCUT2D eigenvalue weighted by Gasteiger charge is -2.28. The molecule has 1 aliphatic rings.